The third kappa shape index (κ3) is 7.36. The number of hydrogen-bond donors (Lipinski definition) is 1. The van der Waals surface area contributed by atoms with Crippen molar-refractivity contribution in [2.75, 3.05) is 22.8 Å². The molecule has 0 saturated heterocycles. The number of esters is 1. The van der Waals surface area contributed by atoms with Crippen molar-refractivity contribution >= 4 is 56.5 Å². The summed E-state index contributed by atoms with van der Waals surface area (Å²) in [5, 5.41) is 3.25. The number of hydrogen-bond acceptors (Lipinski definition) is 6. The molecule has 0 heterocycles. The smallest absolute Gasteiger partial charge is 0.327 e. The van der Waals surface area contributed by atoms with Crippen molar-refractivity contribution in [3.05, 3.63) is 82.8 Å². The van der Waals surface area contributed by atoms with E-state index in [-0.39, 0.29) is 22.9 Å². The molecule has 0 aliphatic rings. The molecule has 0 unspecified atom stereocenters. The number of carbonyl (C=O) groups is 2. The average Bonchev–Trinajstić information content (AvgIpc) is 2.81. The third-order valence-corrected chi connectivity index (χ3v) is 6.95. The largest absolute Gasteiger partial charge is 0.482 e. The van der Waals surface area contributed by atoms with Gasteiger partial charge in [-0.1, -0.05) is 47.5 Å². The molecule has 3 aromatic rings. The van der Waals surface area contributed by atoms with Crippen molar-refractivity contribution in [3.8, 4) is 5.75 Å². The fraction of sp³-hybridized carbons (Fsp3) is 0.200. The van der Waals surface area contributed by atoms with Crippen LogP contribution in [0.25, 0.3) is 0 Å². The van der Waals surface area contributed by atoms with E-state index in [1.165, 1.54) is 36.4 Å². The zero-order valence-electron chi connectivity index (χ0n) is 19.5. The van der Waals surface area contributed by atoms with Crippen molar-refractivity contribution in [3.63, 3.8) is 0 Å². The lowest BCUT2D eigenvalue weighted by atomic mass is 10.3. The minimum Gasteiger partial charge on any atom is -0.482 e. The minimum absolute atomic E-state index is 0.148. The van der Waals surface area contributed by atoms with Crippen LogP contribution in [-0.2, 0) is 24.3 Å². The number of benzene rings is 3. The van der Waals surface area contributed by atoms with Crippen molar-refractivity contribution in [2.45, 2.75) is 24.8 Å². The highest BCUT2D eigenvalue weighted by molar-refractivity contribution is 7.92. The van der Waals surface area contributed by atoms with Gasteiger partial charge in [-0.15, -0.1) is 0 Å². The van der Waals surface area contributed by atoms with Crippen LogP contribution in [0.1, 0.15) is 13.8 Å². The Bertz CT molecular complexity index is 1350. The van der Waals surface area contributed by atoms with Crippen LogP contribution in [-0.4, -0.2) is 39.5 Å². The predicted octanol–water partition coefficient (Wildman–Crippen LogP) is 5.16. The lowest BCUT2D eigenvalue weighted by Crippen LogP contribution is -2.37. The van der Waals surface area contributed by atoms with E-state index >= 15 is 0 Å². The number of ether oxygens (including phenoxy) is 2. The van der Waals surface area contributed by atoms with Gasteiger partial charge in [-0.2, -0.15) is 0 Å². The van der Waals surface area contributed by atoms with Gasteiger partial charge in [0, 0.05) is 10.7 Å². The van der Waals surface area contributed by atoms with Crippen LogP contribution in [0, 0.1) is 0 Å². The Morgan fingerprint density at radius 1 is 0.972 bits per heavy atom. The van der Waals surface area contributed by atoms with Crippen molar-refractivity contribution in [2.24, 2.45) is 0 Å². The number of carbonyl (C=O) groups excluding carboxylic acids is 2. The van der Waals surface area contributed by atoms with Crippen LogP contribution in [0.4, 0.5) is 11.4 Å². The second-order valence-electron chi connectivity index (χ2n) is 7.83. The Kier molecular flexibility index (Phi) is 9.19. The second-order valence-corrected chi connectivity index (χ2v) is 10.5. The zero-order chi connectivity index (χ0) is 26.3. The number of anilines is 2. The highest BCUT2D eigenvalue weighted by Crippen LogP contribution is 2.28. The summed E-state index contributed by atoms with van der Waals surface area (Å²) in [6, 6.07) is 18.5. The van der Waals surface area contributed by atoms with Gasteiger partial charge >= 0.3 is 5.97 Å². The summed E-state index contributed by atoms with van der Waals surface area (Å²) in [7, 11) is -4.25. The van der Waals surface area contributed by atoms with E-state index in [4.69, 9.17) is 32.7 Å². The maximum atomic E-state index is 13.6. The quantitative estimate of drug-likeness (QED) is 0.350. The molecule has 0 spiro atoms. The SMILES string of the molecule is CC(C)OC(=O)CN(c1cccc(Cl)c1)S(=O)(=O)c1cccc(NC(=O)COc2ccccc2Cl)c1. The maximum absolute atomic E-state index is 13.6. The van der Waals surface area contributed by atoms with E-state index in [9.17, 15) is 18.0 Å². The van der Waals surface area contributed by atoms with Crippen LogP contribution in [0.15, 0.2) is 77.7 Å². The first-order valence-electron chi connectivity index (χ1n) is 10.8. The Morgan fingerprint density at radius 2 is 1.69 bits per heavy atom. The number of sulfonamides is 1. The van der Waals surface area contributed by atoms with Gasteiger partial charge in [0.25, 0.3) is 15.9 Å². The molecule has 0 bridgehead atoms. The van der Waals surface area contributed by atoms with E-state index in [1.54, 1.807) is 50.2 Å². The number of nitrogens with zero attached hydrogens (tertiary/aromatic N) is 1. The first-order chi connectivity index (χ1) is 17.1. The van der Waals surface area contributed by atoms with Gasteiger partial charge in [0.05, 0.1) is 21.7 Å². The molecule has 0 aromatic heterocycles. The fourth-order valence-corrected chi connectivity index (χ4v) is 4.95. The predicted molar refractivity (Wildman–Crippen MR) is 139 cm³/mol. The highest BCUT2D eigenvalue weighted by Gasteiger charge is 2.28. The van der Waals surface area contributed by atoms with E-state index in [0.717, 1.165) is 4.31 Å². The molecule has 0 saturated carbocycles. The molecule has 190 valence electrons. The molecule has 3 rings (SSSR count). The van der Waals surface area contributed by atoms with E-state index in [0.29, 0.717) is 15.8 Å². The highest BCUT2D eigenvalue weighted by atomic mass is 35.5. The molecule has 3 aromatic carbocycles. The minimum atomic E-state index is -4.25. The van der Waals surface area contributed by atoms with Crippen LogP contribution in [0.2, 0.25) is 10.0 Å². The molecule has 0 aliphatic heterocycles. The van der Waals surface area contributed by atoms with Crippen molar-refractivity contribution < 1.29 is 27.5 Å². The second kappa shape index (κ2) is 12.1. The average molecular weight is 551 g/mol. The molecule has 36 heavy (non-hydrogen) atoms. The molecule has 8 nitrogen and oxygen atoms in total. The summed E-state index contributed by atoms with van der Waals surface area (Å²) in [5.41, 5.74) is 0.408. The van der Waals surface area contributed by atoms with Gasteiger partial charge in [0.2, 0.25) is 0 Å². The van der Waals surface area contributed by atoms with Gasteiger partial charge in [-0.25, -0.2) is 8.42 Å². The van der Waals surface area contributed by atoms with Crippen molar-refractivity contribution in [1.82, 2.24) is 0 Å². The van der Waals surface area contributed by atoms with E-state index in [1.807, 2.05) is 0 Å². The lowest BCUT2D eigenvalue weighted by molar-refractivity contribution is -0.145. The molecule has 1 amide bonds. The number of halogens is 2. The van der Waals surface area contributed by atoms with Gasteiger partial charge in [0.1, 0.15) is 12.3 Å². The Balaban J connectivity index is 1.82. The summed E-state index contributed by atoms with van der Waals surface area (Å²) in [5.74, 6) is -0.900. The first-order valence-corrected chi connectivity index (χ1v) is 13.0. The number of nitrogens with one attached hydrogen (secondary N) is 1. The molecule has 1 N–H and O–H groups in total. The standard InChI is InChI=1S/C25H24Cl2N2O6S/c1-17(2)35-25(31)15-29(20-9-5-7-18(26)13-20)36(32,33)21-10-6-8-19(14-21)28-24(30)16-34-23-12-4-3-11-22(23)27/h3-14,17H,15-16H2,1-2H3,(H,28,30). The lowest BCUT2D eigenvalue weighted by Gasteiger charge is -2.24. The van der Waals surface area contributed by atoms with Crippen LogP contribution >= 0.6 is 23.2 Å². The number of para-hydroxylation sites is 1. The zero-order valence-corrected chi connectivity index (χ0v) is 21.8. The monoisotopic (exact) mass is 550 g/mol. The van der Waals surface area contributed by atoms with Crippen LogP contribution in [0.3, 0.4) is 0 Å². The molecule has 0 aliphatic carbocycles. The Labute approximate surface area is 219 Å². The topological polar surface area (TPSA) is 102 Å². The Morgan fingerprint density at radius 3 is 2.39 bits per heavy atom. The summed E-state index contributed by atoms with van der Waals surface area (Å²) < 4.78 is 38.6. The number of rotatable bonds is 10. The van der Waals surface area contributed by atoms with E-state index in [2.05, 4.69) is 5.32 Å². The normalized spacial score (nSPS) is 11.1. The molecule has 0 radical (unpaired) electrons. The Hall–Kier alpha value is -3.27. The fourth-order valence-electron chi connectivity index (χ4n) is 3.13. The summed E-state index contributed by atoms with van der Waals surface area (Å²) in [6.07, 6.45) is -0.423. The number of amides is 1. The van der Waals surface area contributed by atoms with Crippen LogP contribution < -0.4 is 14.4 Å². The van der Waals surface area contributed by atoms with Gasteiger partial charge in [-0.05, 0) is 62.4 Å². The molecule has 0 fully saturated rings. The molecule has 11 heteroatoms. The molecular weight excluding hydrogens is 527 g/mol. The molecule has 0 atom stereocenters. The van der Waals surface area contributed by atoms with Crippen LogP contribution in [0.5, 0.6) is 5.75 Å². The molecular formula is C25H24Cl2N2O6S. The van der Waals surface area contributed by atoms with Gasteiger partial charge in [0.15, 0.2) is 6.61 Å². The van der Waals surface area contributed by atoms with Gasteiger partial charge in [-0.3, -0.25) is 13.9 Å². The summed E-state index contributed by atoms with van der Waals surface area (Å²) in [6.45, 7) is 2.43. The summed E-state index contributed by atoms with van der Waals surface area (Å²) in [4.78, 5) is 24.6. The first kappa shape index (κ1) is 27.3. The maximum Gasteiger partial charge on any atom is 0.327 e. The third-order valence-electron chi connectivity index (χ3n) is 4.64. The summed E-state index contributed by atoms with van der Waals surface area (Å²) >= 11 is 12.1. The van der Waals surface area contributed by atoms with Gasteiger partial charge < -0.3 is 14.8 Å². The van der Waals surface area contributed by atoms with E-state index < -0.39 is 34.5 Å². The van der Waals surface area contributed by atoms with Crippen molar-refractivity contribution in [1.29, 1.82) is 0 Å².